The monoisotopic (exact) mass is 230 g/mol. The van der Waals surface area contributed by atoms with Crippen LogP contribution in [0.25, 0.3) is 11.2 Å². The van der Waals surface area contributed by atoms with Gasteiger partial charge in [-0.15, -0.1) is 0 Å². The molecule has 0 atom stereocenters. The molecule has 1 aliphatic carbocycles. The highest BCUT2D eigenvalue weighted by molar-refractivity contribution is 5.72. The Morgan fingerprint density at radius 2 is 2.12 bits per heavy atom. The molecule has 17 heavy (non-hydrogen) atoms. The number of nitrogens with two attached hydrogens (primary N) is 1. The molecule has 2 aromatic rings. The van der Waals surface area contributed by atoms with Crippen LogP contribution in [0.4, 0.5) is 0 Å². The lowest BCUT2D eigenvalue weighted by Crippen LogP contribution is -2.18. The molecule has 2 aromatic heterocycles. The zero-order valence-corrected chi connectivity index (χ0v) is 10.6. The Balaban J connectivity index is 2.17. The number of pyridine rings is 1. The van der Waals surface area contributed by atoms with Crippen LogP contribution in [0.2, 0.25) is 0 Å². The van der Waals surface area contributed by atoms with Crippen molar-refractivity contribution in [2.24, 2.45) is 12.8 Å². The first-order valence-corrected chi connectivity index (χ1v) is 6.13. The van der Waals surface area contributed by atoms with Crippen LogP contribution in [0.3, 0.4) is 0 Å². The molecule has 4 nitrogen and oxygen atoms in total. The summed E-state index contributed by atoms with van der Waals surface area (Å²) in [6, 6.07) is 2.10. The van der Waals surface area contributed by atoms with Gasteiger partial charge in [0.15, 0.2) is 5.65 Å². The van der Waals surface area contributed by atoms with Crippen molar-refractivity contribution < 1.29 is 0 Å². The molecule has 1 aliphatic rings. The fourth-order valence-electron chi connectivity index (χ4n) is 2.31. The SMILES string of the molecule is CC(C)c1nc2cc(C3(N)CC3)cnc2n1C. The molecule has 4 heteroatoms. The number of hydrogen-bond donors (Lipinski definition) is 1. The molecular formula is C13H18N4. The Hall–Kier alpha value is -1.42. The number of aromatic nitrogens is 3. The van der Waals surface area contributed by atoms with E-state index in [1.54, 1.807) is 0 Å². The molecule has 1 fully saturated rings. The zero-order valence-electron chi connectivity index (χ0n) is 10.6. The van der Waals surface area contributed by atoms with Crippen molar-refractivity contribution in [2.45, 2.75) is 38.1 Å². The molecule has 2 N–H and O–H groups in total. The Morgan fingerprint density at radius 1 is 1.41 bits per heavy atom. The molecule has 0 saturated heterocycles. The fraction of sp³-hybridized carbons (Fsp3) is 0.538. The molecule has 0 aromatic carbocycles. The maximum atomic E-state index is 6.19. The summed E-state index contributed by atoms with van der Waals surface area (Å²) in [6.45, 7) is 4.29. The van der Waals surface area contributed by atoms with Gasteiger partial charge in [-0.1, -0.05) is 13.8 Å². The van der Waals surface area contributed by atoms with Crippen LogP contribution in [0.15, 0.2) is 12.3 Å². The van der Waals surface area contributed by atoms with Gasteiger partial charge in [-0.05, 0) is 24.5 Å². The van der Waals surface area contributed by atoms with Crippen LogP contribution in [0, 0.1) is 0 Å². The summed E-state index contributed by atoms with van der Waals surface area (Å²) in [6.07, 6.45) is 4.02. The molecule has 2 heterocycles. The first kappa shape index (κ1) is 10.7. The van der Waals surface area contributed by atoms with E-state index in [0.29, 0.717) is 5.92 Å². The van der Waals surface area contributed by atoms with Gasteiger partial charge in [-0.3, -0.25) is 0 Å². The zero-order chi connectivity index (χ0) is 12.2. The van der Waals surface area contributed by atoms with E-state index in [4.69, 9.17) is 5.73 Å². The number of aryl methyl sites for hydroxylation is 1. The fourth-order valence-corrected chi connectivity index (χ4v) is 2.31. The summed E-state index contributed by atoms with van der Waals surface area (Å²) in [4.78, 5) is 9.17. The molecular weight excluding hydrogens is 212 g/mol. The molecule has 1 saturated carbocycles. The number of fused-ring (bicyclic) bond motifs is 1. The van der Waals surface area contributed by atoms with E-state index < -0.39 is 0 Å². The van der Waals surface area contributed by atoms with Crippen LogP contribution < -0.4 is 5.73 Å². The van der Waals surface area contributed by atoms with Gasteiger partial charge in [-0.2, -0.15) is 0 Å². The Bertz CT molecular complexity index is 578. The van der Waals surface area contributed by atoms with Gasteiger partial charge in [0.2, 0.25) is 0 Å². The van der Waals surface area contributed by atoms with Gasteiger partial charge >= 0.3 is 0 Å². The van der Waals surface area contributed by atoms with Gasteiger partial charge in [-0.25, -0.2) is 9.97 Å². The third-order valence-corrected chi connectivity index (χ3v) is 3.62. The van der Waals surface area contributed by atoms with Crippen LogP contribution in [0.5, 0.6) is 0 Å². The Morgan fingerprint density at radius 3 is 2.71 bits per heavy atom. The lowest BCUT2D eigenvalue weighted by molar-refractivity contribution is 0.718. The van der Waals surface area contributed by atoms with E-state index in [9.17, 15) is 0 Å². The van der Waals surface area contributed by atoms with Crippen LogP contribution in [0.1, 0.15) is 44.0 Å². The van der Waals surface area contributed by atoms with Crippen LogP contribution in [-0.4, -0.2) is 14.5 Å². The average molecular weight is 230 g/mol. The molecule has 0 radical (unpaired) electrons. The minimum absolute atomic E-state index is 0.128. The summed E-state index contributed by atoms with van der Waals surface area (Å²) >= 11 is 0. The minimum Gasteiger partial charge on any atom is -0.321 e. The van der Waals surface area contributed by atoms with Gasteiger partial charge in [0.05, 0.1) is 0 Å². The van der Waals surface area contributed by atoms with Crippen LogP contribution >= 0.6 is 0 Å². The van der Waals surface area contributed by atoms with Gasteiger partial charge < -0.3 is 10.3 Å². The average Bonchev–Trinajstić information content (AvgIpc) is 2.95. The minimum atomic E-state index is -0.128. The van der Waals surface area contributed by atoms with Crippen molar-refractivity contribution in [1.29, 1.82) is 0 Å². The Labute approximate surface area is 101 Å². The van der Waals surface area contributed by atoms with Crippen molar-refractivity contribution in [3.63, 3.8) is 0 Å². The second-order valence-corrected chi connectivity index (χ2v) is 5.41. The second-order valence-electron chi connectivity index (χ2n) is 5.41. The summed E-state index contributed by atoms with van der Waals surface area (Å²) in [5, 5.41) is 0. The molecule has 0 spiro atoms. The summed E-state index contributed by atoms with van der Waals surface area (Å²) in [5.74, 6) is 1.48. The molecule has 0 amide bonds. The van der Waals surface area contributed by atoms with E-state index in [1.807, 2.05) is 13.2 Å². The number of hydrogen-bond acceptors (Lipinski definition) is 3. The number of nitrogens with zero attached hydrogens (tertiary/aromatic N) is 3. The predicted octanol–water partition coefficient (Wildman–Crippen LogP) is 2.04. The highest BCUT2D eigenvalue weighted by atomic mass is 15.1. The third kappa shape index (κ3) is 1.55. The highest BCUT2D eigenvalue weighted by Gasteiger charge is 2.40. The number of imidazole rings is 1. The van der Waals surface area contributed by atoms with E-state index in [-0.39, 0.29) is 5.54 Å². The summed E-state index contributed by atoms with van der Waals surface area (Å²) in [7, 11) is 2.02. The molecule has 0 aliphatic heterocycles. The van der Waals surface area contributed by atoms with Gasteiger partial charge in [0.1, 0.15) is 11.3 Å². The largest absolute Gasteiger partial charge is 0.321 e. The van der Waals surface area contributed by atoms with Gasteiger partial charge in [0.25, 0.3) is 0 Å². The third-order valence-electron chi connectivity index (χ3n) is 3.62. The highest BCUT2D eigenvalue weighted by Crippen LogP contribution is 2.42. The lowest BCUT2D eigenvalue weighted by atomic mass is 10.1. The van der Waals surface area contributed by atoms with E-state index in [1.165, 1.54) is 0 Å². The van der Waals surface area contributed by atoms with Crippen molar-refractivity contribution in [3.05, 3.63) is 23.7 Å². The first-order valence-electron chi connectivity index (χ1n) is 6.13. The Kier molecular flexibility index (Phi) is 2.08. The number of rotatable bonds is 2. The predicted molar refractivity (Wildman–Crippen MR) is 67.7 cm³/mol. The normalized spacial score (nSPS) is 17.9. The summed E-state index contributed by atoms with van der Waals surface area (Å²) in [5.41, 5.74) is 9.09. The van der Waals surface area contributed by atoms with Gasteiger partial charge in [0, 0.05) is 24.7 Å². The van der Waals surface area contributed by atoms with E-state index in [2.05, 4.69) is 34.4 Å². The second kappa shape index (κ2) is 3.29. The quantitative estimate of drug-likeness (QED) is 0.859. The maximum Gasteiger partial charge on any atom is 0.159 e. The standard InChI is InChI=1S/C13H18N4/c1-8(2)11-16-10-6-9(13(14)4-5-13)7-15-12(10)17(11)3/h6-8H,4-5,14H2,1-3H3. The molecule has 0 bridgehead atoms. The van der Waals surface area contributed by atoms with Crippen molar-refractivity contribution in [2.75, 3.05) is 0 Å². The molecule has 90 valence electrons. The van der Waals surface area contributed by atoms with Crippen molar-refractivity contribution in [1.82, 2.24) is 14.5 Å². The topological polar surface area (TPSA) is 56.7 Å². The maximum absolute atomic E-state index is 6.19. The molecule has 0 unspecified atom stereocenters. The molecule has 3 rings (SSSR count). The van der Waals surface area contributed by atoms with E-state index in [0.717, 1.165) is 35.4 Å². The summed E-state index contributed by atoms with van der Waals surface area (Å²) < 4.78 is 2.07. The van der Waals surface area contributed by atoms with E-state index >= 15 is 0 Å². The van der Waals surface area contributed by atoms with Crippen molar-refractivity contribution >= 4 is 11.2 Å². The van der Waals surface area contributed by atoms with Crippen molar-refractivity contribution in [3.8, 4) is 0 Å². The van der Waals surface area contributed by atoms with Crippen LogP contribution in [-0.2, 0) is 12.6 Å². The first-order chi connectivity index (χ1) is 8.01. The lowest BCUT2D eigenvalue weighted by Gasteiger charge is -2.07. The smallest absolute Gasteiger partial charge is 0.159 e.